The molecule has 0 aliphatic heterocycles. The molecule has 0 radical (unpaired) electrons. The van der Waals surface area contributed by atoms with Crippen LogP contribution in [-0.2, 0) is 0 Å². The largest absolute Gasteiger partial charge is 0.506 e. The van der Waals surface area contributed by atoms with E-state index in [1.807, 2.05) is 32.0 Å². The molecule has 0 aliphatic rings. The van der Waals surface area contributed by atoms with Gasteiger partial charge in [-0.2, -0.15) is 4.98 Å². The van der Waals surface area contributed by atoms with Gasteiger partial charge in [0, 0.05) is 10.9 Å². The molecule has 0 bridgehead atoms. The monoisotopic (exact) mass is 351 g/mol. The number of aromatic nitrogens is 3. The van der Waals surface area contributed by atoms with Crippen LogP contribution < -0.4 is 5.56 Å². The van der Waals surface area contributed by atoms with Crippen molar-refractivity contribution in [1.29, 1.82) is 0 Å². The quantitative estimate of drug-likeness (QED) is 0.574. The van der Waals surface area contributed by atoms with Crippen molar-refractivity contribution in [2.24, 2.45) is 0 Å². The first kappa shape index (κ1) is 16.0. The van der Waals surface area contributed by atoms with Crippen molar-refractivity contribution >= 4 is 10.9 Å². The van der Waals surface area contributed by atoms with Crippen LogP contribution in [-0.4, -0.2) is 20.2 Å². The summed E-state index contributed by atoms with van der Waals surface area (Å²) < 4.78 is 18.6. The zero-order valence-electron chi connectivity index (χ0n) is 14.0. The SMILES string of the molecule is Cc1ccc(C)c(-c2noc(-c3c(O)c4ccc(F)cc4[nH]c3=O)n2)c1. The van der Waals surface area contributed by atoms with Crippen molar-refractivity contribution in [2.75, 3.05) is 0 Å². The van der Waals surface area contributed by atoms with E-state index in [9.17, 15) is 14.3 Å². The maximum Gasteiger partial charge on any atom is 0.267 e. The third kappa shape index (κ3) is 2.54. The van der Waals surface area contributed by atoms with Crippen LogP contribution in [0.5, 0.6) is 5.75 Å². The smallest absolute Gasteiger partial charge is 0.267 e. The number of benzene rings is 2. The van der Waals surface area contributed by atoms with E-state index in [0.29, 0.717) is 5.82 Å². The molecular formula is C19H14FN3O3. The first-order valence-corrected chi connectivity index (χ1v) is 7.90. The highest BCUT2D eigenvalue weighted by atomic mass is 19.1. The number of aromatic amines is 1. The number of aromatic hydroxyl groups is 1. The third-order valence-corrected chi connectivity index (χ3v) is 4.22. The molecule has 2 N–H and O–H groups in total. The molecular weight excluding hydrogens is 337 g/mol. The molecule has 7 heteroatoms. The summed E-state index contributed by atoms with van der Waals surface area (Å²) in [4.78, 5) is 19.2. The second-order valence-electron chi connectivity index (χ2n) is 6.11. The lowest BCUT2D eigenvalue weighted by molar-refractivity contribution is 0.426. The van der Waals surface area contributed by atoms with E-state index < -0.39 is 11.4 Å². The molecule has 0 spiro atoms. The van der Waals surface area contributed by atoms with Crippen LogP contribution in [0.15, 0.2) is 45.7 Å². The lowest BCUT2D eigenvalue weighted by Crippen LogP contribution is -2.09. The maximum absolute atomic E-state index is 13.3. The van der Waals surface area contributed by atoms with Crippen LogP contribution in [0.4, 0.5) is 4.39 Å². The minimum atomic E-state index is -0.642. The predicted molar refractivity (Wildman–Crippen MR) is 94.4 cm³/mol. The Labute approximate surface area is 146 Å². The molecule has 26 heavy (non-hydrogen) atoms. The second kappa shape index (κ2) is 5.80. The molecule has 4 rings (SSSR count). The Morgan fingerprint density at radius 1 is 1.15 bits per heavy atom. The number of hydrogen-bond acceptors (Lipinski definition) is 5. The molecule has 6 nitrogen and oxygen atoms in total. The standard InChI is InChI=1S/C19H14FN3O3/c1-9-3-4-10(2)13(7-9)17-22-19(26-23-17)15-16(24)12-6-5-11(20)8-14(12)21-18(15)25/h3-8H,1-2H3,(H2,21,24,25). The molecule has 0 aliphatic carbocycles. The highest BCUT2D eigenvalue weighted by Gasteiger charge is 2.21. The topological polar surface area (TPSA) is 92.0 Å². The van der Waals surface area contributed by atoms with Crippen molar-refractivity contribution in [2.45, 2.75) is 13.8 Å². The Bertz CT molecular complexity index is 1210. The third-order valence-electron chi connectivity index (χ3n) is 4.22. The molecule has 4 aromatic rings. The molecule has 0 unspecified atom stereocenters. The van der Waals surface area contributed by atoms with Gasteiger partial charge in [-0.05, 0) is 43.7 Å². The van der Waals surface area contributed by atoms with Crippen molar-refractivity contribution in [3.63, 3.8) is 0 Å². The van der Waals surface area contributed by atoms with E-state index >= 15 is 0 Å². The molecule has 0 atom stereocenters. The molecule has 0 saturated carbocycles. The van der Waals surface area contributed by atoms with Crippen molar-refractivity contribution in [3.05, 3.63) is 63.7 Å². The van der Waals surface area contributed by atoms with E-state index in [4.69, 9.17) is 4.52 Å². The first-order chi connectivity index (χ1) is 12.4. The normalized spacial score (nSPS) is 11.2. The number of hydrogen-bond donors (Lipinski definition) is 2. The fourth-order valence-corrected chi connectivity index (χ4v) is 2.86. The number of nitrogens with one attached hydrogen (secondary N) is 1. The Morgan fingerprint density at radius 3 is 2.77 bits per heavy atom. The highest BCUT2D eigenvalue weighted by Crippen LogP contribution is 2.32. The Balaban J connectivity index is 1.89. The van der Waals surface area contributed by atoms with Gasteiger partial charge in [0.05, 0.1) is 5.52 Å². The van der Waals surface area contributed by atoms with Crippen molar-refractivity contribution < 1.29 is 14.0 Å². The maximum atomic E-state index is 13.3. The van der Waals surface area contributed by atoms with E-state index in [1.165, 1.54) is 12.1 Å². The van der Waals surface area contributed by atoms with Gasteiger partial charge in [-0.3, -0.25) is 4.79 Å². The van der Waals surface area contributed by atoms with Crippen LogP contribution in [0.3, 0.4) is 0 Å². The Kier molecular flexibility index (Phi) is 3.57. The molecule has 2 aromatic heterocycles. The van der Waals surface area contributed by atoms with Gasteiger partial charge in [0.1, 0.15) is 17.1 Å². The Morgan fingerprint density at radius 2 is 1.96 bits per heavy atom. The number of rotatable bonds is 2. The second-order valence-corrected chi connectivity index (χ2v) is 6.11. The summed E-state index contributed by atoms with van der Waals surface area (Å²) in [7, 11) is 0. The number of aryl methyl sites for hydroxylation is 2. The van der Waals surface area contributed by atoms with Crippen LogP contribution in [0, 0.1) is 19.7 Å². The fourth-order valence-electron chi connectivity index (χ4n) is 2.86. The fraction of sp³-hybridized carbons (Fsp3) is 0.105. The number of halogens is 1. The van der Waals surface area contributed by atoms with Crippen molar-refractivity contribution in [1.82, 2.24) is 15.1 Å². The number of nitrogens with zero attached hydrogens (tertiary/aromatic N) is 2. The number of pyridine rings is 1. The summed E-state index contributed by atoms with van der Waals surface area (Å²) in [5.74, 6) is -0.639. The summed E-state index contributed by atoms with van der Waals surface area (Å²) in [5, 5.41) is 14.7. The zero-order chi connectivity index (χ0) is 18.4. The van der Waals surface area contributed by atoms with E-state index in [1.54, 1.807) is 0 Å². The first-order valence-electron chi connectivity index (χ1n) is 7.90. The van der Waals surface area contributed by atoms with Gasteiger partial charge in [-0.15, -0.1) is 0 Å². The summed E-state index contributed by atoms with van der Waals surface area (Å²) in [6.45, 7) is 3.86. The van der Waals surface area contributed by atoms with Crippen LogP contribution in [0.25, 0.3) is 33.7 Å². The zero-order valence-corrected chi connectivity index (χ0v) is 14.0. The summed E-state index contributed by atoms with van der Waals surface area (Å²) in [6, 6.07) is 9.53. The van der Waals surface area contributed by atoms with Gasteiger partial charge in [0.15, 0.2) is 0 Å². The lowest BCUT2D eigenvalue weighted by Gasteiger charge is -2.04. The van der Waals surface area contributed by atoms with Gasteiger partial charge in [-0.25, -0.2) is 4.39 Å². The minimum Gasteiger partial charge on any atom is -0.506 e. The molecule has 2 aromatic carbocycles. The molecule has 2 heterocycles. The van der Waals surface area contributed by atoms with Crippen LogP contribution in [0.1, 0.15) is 11.1 Å². The lowest BCUT2D eigenvalue weighted by atomic mass is 10.1. The summed E-state index contributed by atoms with van der Waals surface area (Å²) in [5.41, 5.74) is 2.16. The molecule has 0 fully saturated rings. The van der Waals surface area contributed by atoms with Gasteiger partial charge < -0.3 is 14.6 Å². The molecule has 0 saturated heterocycles. The predicted octanol–water partition coefficient (Wildman–Crippen LogP) is 3.71. The van der Waals surface area contributed by atoms with E-state index in [-0.39, 0.29) is 28.1 Å². The van der Waals surface area contributed by atoms with Gasteiger partial charge in [-0.1, -0.05) is 22.9 Å². The molecule has 130 valence electrons. The summed E-state index contributed by atoms with van der Waals surface area (Å²) in [6.07, 6.45) is 0. The van der Waals surface area contributed by atoms with Crippen LogP contribution in [0.2, 0.25) is 0 Å². The van der Waals surface area contributed by atoms with E-state index in [2.05, 4.69) is 15.1 Å². The minimum absolute atomic E-state index is 0.106. The average Bonchev–Trinajstić information content (AvgIpc) is 3.06. The summed E-state index contributed by atoms with van der Waals surface area (Å²) >= 11 is 0. The van der Waals surface area contributed by atoms with Crippen LogP contribution >= 0.6 is 0 Å². The highest BCUT2D eigenvalue weighted by molar-refractivity contribution is 5.90. The molecule has 0 amide bonds. The van der Waals surface area contributed by atoms with Gasteiger partial charge in [0.2, 0.25) is 5.82 Å². The number of fused-ring (bicyclic) bond motifs is 1. The average molecular weight is 351 g/mol. The number of H-pyrrole nitrogens is 1. The van der Waals surface area contributed by atoms with Crippen molar-refractivity contribution in [3.8, 4) is 28.6 Å². The van der Waals surface area contributed by atoms with E-state index in [0.717, 1.165) is 22.8 Å². The van der Waals surface area contributed by atoms with Gasteiger partial charge in [0.25, 0.3) is 11.4 Å². The van der Waals surface area contributed by atoms with Gasteiger partial charge >= 0.3 is 0 Å². The Hall–Kier alpha value is -3.48.